The van der Waals surface area contributed by atoms with E-state index in [0.29, 0.717) is 24.8 Å². The Labute approximate surface area is 317 Å². The molecule has 8 heteroatoms. The number of aliphatic carboxylic acids is 1. The van der Waals surface area contributed by atoms with E-state index < -0.39 is 28.9 Å². The average Bonchev–Trinajstić information content (AvgIpc) is 3.40. The van der Waals surface area contributed by atoms with Crippen molar-refractivity contribution in [3.05, 3.63) is 47.0 Å². The smallest absolute Gasteiger partial charge is 0.309 e. The Morgan fingerprint density at radius 2 is 1.60 bits per heavy atom. The second-order valence-corrected chi connectivity index (χ2v) is 20.1. The minimum atomic E-state index is -1.17. The van der Waals surface area contributed by atoms with Crippen molar-refractivity contribution in [2.24, 2.45) is 56.2 Å². The Hall–Kier alpha value is -2.55. The highest BCUT2D eigenvalue weighted by Gasteiger charge is 2.70. The minimum absolute atomic E-state index is 0.0255. The van der Waals surface area contributed by atoms with Gasteiger partial charge in [-0.15, -0.1) is 0 Å². The second kappa shape index (κ2) is 13.9. The summed E-state index contributed by atoms with van der Waals surface area (Å²) in [6.07, 6.45) is 6.81. The SMILES string of the molecule is CC(C)C1=C2[C@H]3CC[C@@H]4[C@@]5(C)CC[C@H](OC(=O)CC(C)(C)C(=O)O)C(C)(C)[C@@H]5CC[C@@]4(C)[C@]3(C)CC[C@@]2([C@@H](O)CN[C@@H](CO)c2ccccc2)CC1=O. The maximum atomic E-state index is 14.1. The molecule has 0 bridgehead atoms. The molecule has 294 valence electrons. The maximum Gasteiger partial charge on any atom is 0.309 e. The maximum absolute atomic E-state index is 14.1. The molecule has 4 N–H and O–H groups in total. The van der Waals surface area contributed by atoms with Crippen molar-refractivity contribution in [1.82, 2.24) is 5.32 Å². The molecule has 0 saturated heterocycles. The molecule has 1 aromatic rings. The number of carboxylic acid groups (broad SMARTS) is 1. The van der Waals surface area contributed by atoms with Crippen molar-refractivity contribution >= 4 is 17.7 Å². The highest BCUT2D eigenvalue weighted by molar-refractivity contribution is 6.00. The summed E-state index contributed by atoms with van der Waals surface area (Å²) in [4.78, 5) is 38.9. The van der Waals surface area contributed by atoms with Crippen LogP contribution in [0.5, 0.6) is 0 Å². The van der Waals surface area contributed by atoms with Crippen LogP contribution < -0.4 is 5.32 Å². The predicted molar refractivity (Wildman–Crippen MR) is 206 cm³/mol. The standard InChI is InChI=1S/C45H67NO7/c1-27(2)37-31(48)23-45(34(49)25-46-30(26-47)28-13-11-10-12-14-28)22-21-43(8)29(38(37)45)15-16-33-42(7)19-18-35(53-36(50)24-40(3,4)39(51)52)41(5,6)32(42)17-20-44(33,43)9/h10-14,27,29-30,32-35,46-47,49H,15-26H2,1-9H3,(H,51,52)/t29-,30+,32+,33-,34+,35+,42+,43-,44-,45+/m1/s1. The molecular weight excluding hydrogens is 666 g/mol. The number of nitrogens with one attached hydrogen (secondary N) is 1. The monoisotopic (exact) mass is 733 g/mol. The lowest BCUT2D eigenvalue weighted by Gasteiger charge is -2.72. The Kier molecular flexibility index (Phi) is 10.5. The molecule has 0 amide bonds. The Bertz CT molecular complexity index is 1610. The minimum Gasteiger partial charge on any atom is -0.481 e. The summed E-state index contributed by atoms with van der Waals surface area (Å²) in [7, 11) is 0. The molecule has 4 fully saturated rings. The number of aliphatic hydroxyl groups excluding tert-OH is 2. The van der Waals surface area contributed by atoms with E-state index in [1.807, 2.05) is 30.3 Å². The molecule has 0 heterocycles. The number of ketones is 1. The van der Waals surface area contributed by atoms with Gasteiger partial charge in [0, 0.05) is 23.8 Å². The number of hydrogen-bond acceptors (Lipinski definition) is 7. The Morgan fingerprint density at radius 3 is 2.23 bits per heavy atom. The average molecular weight is 734 g/mol. The zero-order valence-electron chi connectivity index (χ0n) is 33.9. The predicted octanol–water partition coefficient (Wildman–Crippen LogP) is 8.06. The molecule has 4 saturated carbocycles. The number of esters is 1. The largest absolute Gasteiger partial charge is 0.481 e. The summed E-state index contributed by atoms with van der Waals surface area (Å²) in [5.41, 5.74) is 1.17. The molecule has 0 unspecified atom stereocenters. The number of Topliss-reactive ketones (excluding diaryl/α,β-unsaturated/α-hetero) is 1. The summed E-state index contributed by atoms with van der Waals surface area (Å²) in [5, 5.41) is 35.6. The van der Waals surface area contributed by atoms with Gasteiger partial charge in [-0.05, 0) is 116 Å². The number of hydrogen-bond donors (Lipinski definition) is 4. The number of rotatable bonds is 11. The number of ether oxygens (including phenoxy) is 1. The van der Waals surface area contributed by atoms with E-state index in [4.69, 9.17) is 4.74 Å². The summed E-state index contributed by atoms with van der Waals surface area (Å²) in [5.74, 6) is -0.120. The zero-order chi connectivity index (χ0) is 38.9. The molecule has 0 radical (unpaired) electrons. The molecule has 53 heavy (non-hydrogen) atoms. The summed E-state index contributed by atoms with van der Waals surface area (Å²) in [6, 6.07) is 9.56. The highest BCUT2D eigenvalue weighted by Crippen LogP contribution is 2.77. The first-order valence-electron chi connectivity index (χ1n) is 20.5. The summed E-state index contributed by atoms with van der Waals surface area (Å²) < 4.78 is 6.16. The lowest BCUT2D eigenvalue weighted by atomic mass is 9.33. The van der Waals surface area contributed by atoms with Gasteiger partial charge in [0.05, 0.1) is 30.6 Å². The molecule has 5 aliphatic rings. The second-order valence-electron chi connectivity index (χ2n) is 20.1. The quantitative estimate of drug-likeness (QED) is 0.168. The number of allylic oxidation sites excluding steroid dienone is 1. The first kappa shape index (κ1) is 40.1. The number of carboxylic acids is 1. The van der Waals surface area contributed by atoms with Crippen LogP contribution in [0.3, 0.4) is 0 Å². The topological polar surface area (TPSA) is 133 Å². The van der Waals surface area contributed by atoms with Gasteiger partial charge in [0.1, 0.15) is 6.10 Å². The van der Waals surface area contributed by atoms with Crippen LogP contribution in [0.15, 0.2) is 41.5 Å². The van der Waals surface area contributed by atoms with Crippen LogP contribution in [0.2, 0.25) is 0 Å². The van der Waals surface area contributed by atoms with Crippen molar-refractivity contribution in [2.45, 2.75) is 145 Å². The zero-order valence-corrected chi connectivity index (χ0v) is 33.9. The van der Waals surface area contributed by atoms with Crippen molar-refractivity contribution in [2.75, 3.05) is 13.2 Å². The van der Waals surface area contributed by atoms with Crippen LogP contribution >= 0.6 is 0 Å². The van der Waals surface area contributed by atoms with E-state index in [9.17, 15) is 29.7 Å². The van der Waals surface area contributed by atoms with Crippen LogP contribution in [-0.4, -0.2) is 58.4 Å². The van der Waals surface area contributed by atoms with Gasteiger partial charge in [-0.1, -0.05) is 84.4 Å². The van der Waals surface area contributed by atoms with Gasteiger partial charge < -0.3 is 25.4 Å². The van der Waals surface area contributed by atoms with Gasteiger partial charge in [-0.3, -0.25) is 14.4 Å². The van der Waals surface area contributed by atoms with E-state index in [1.165, 1.54) is 5.57 Å². The molecule has 0 aliphatic heterocycles. The first-order valence-corrected chi connectivity index (χ1v) is 20.5. The van der Waals surface area contributed by atoms with E-state index in [-0.39, 0.29) is 64.5 Å². The van der Waals surface area contributed by atoms with Gasteiger partial charge in [0.15, 0.2) is 5.78 Å². The molecule has 1 aromatic carbocycles. The van der Waals surface area contributed by atoms with Gasteiger partial charge >= 0.3 is 11.9 Å². The third-order valence-electron chi connectivity index (χ3n) is 16.4. The van der Waals surface area contributed by atoms with E-state index in [0.717, 1.165) is 62.5 Å². The normalized spacial score (nSPS) is 37.6. The van der Waals surface area contributed by atoms with Crippen LogP contribution in [0.1, 0.15) is 138 Å². The van der Waals surface area contributed by atoms with Crippen LogP contribution in [-0.2, 0) is 19.1 Å². The van der Waals surface area contributed by atoms with Crippen molar-refractivity contribution in [3.8, 4) is 0 Å². The summed E-state index contributed by atoms with van der Waals surface area (Å²) in [6.45, 7) is 19.7. The van der Waals surface area contributed by atoms with E-state index in [1.54, 1.807) is 13.8 Å². The fourth-order valence-electron chi connectivity index (χ4n) is 13.3. The highest BCUT2D eigenvalue weighted by atomic mass is 16.5. The lowest BCUT2D eigenvalue weighted by molar-refractivity contribution is -0.235. The van der Waals surface area contributed by atoms with Gasteiger partial charge in [0.25, 0.3) is 0 Å². The van der Waals surface area contributed by atoms with Crippen LogP contribution in [0, 0.1) is 56.2 Å². The van der Waals surface area contributed by atoms with E-state index in [2.05, 4.69) is 53.8 Å². The summed E-state index contributed by atoms with van der Waals surface area (Å²) >= 11 is 0. The number of fused-ring (bicyclic) bond motifs is 7. The number of carbonyl (C=O) groups excluding carboxylic acids is 2. The van der Waals surface area contributed by atoms with Gasteiger partial charge in [0.2, 0.25) is 0 Å². The first-order chi connectivity index (χ1) is 24.7. The molecule has 6 rings (SSSR count). The Balaban J connectivity index is 1.27. The molecular formula is C45H67NO7. The molecule has 5 aliphatic carbocycles. The third kappa shape index (κ3) is 6.25. The van der Waals surface area contributed by atoms with E-state index >= 15 is 0 Å². The molecule has 0 spiro atoms. The number of aliphatic hydroxyl groups is 2. The van der Waals surface area contributed by atoms with Gasteiger partial charge in [-0.25, -0.2) is 0 Å². The third-order valence-corrected chi connectivity index (χ3v) is 16.4. The molecule has 10 atom stereocenters. The molecule has 8 nitrogen and oxygen atoms in total. The van der Waals surface area contributed by atoms with Crippen molar-refractivity contribution in [3.63, 3.8) is 0 Å². The number of carbonyl (C=O) groups is 3. The lowest BCUT2D eigenvalue weighted by Crippen LogP contribution is -2.66. The fourth-order valence-corrected chi connectivity index (χ4v) is 13.3. The fraction of sp³-hybridized carbons (Fsp3) is 0.756. The van der Waals surface area contributed by atoms with Crippen molar-refractivity contribution < 1.29 is 34.4 Å². The van der Waals surface area contributed by atoms with Gasteiger partial charge in [-0.2, -0.15) is 0 Å². The number of benzene rings is 1. The van der Waals surface area contributed by atoms with Crippen LogP contribution in [0.4, 0.5) is 0 Å². The van der Waals surface area contributed by atoms with Crippen molar-refractivity contribution in [1.29, 1.82) is 0 Å². The molecule has 0 aromatic heterocycles. The Morgan fingerprint density at radius 1 is 0.925 bits per heavy atom. The van der Waals surface area contributed by atoms with Crippen LogP contribution in [0.25, 0.3) is 0 Å².